The molecular weight excluding hydrogens is 228 g/mol. The zero-order valence-corrected chi connectivity index (χ0v) is 10.7. The minimum Gasteiger partial charge on any atom is -0.368 e. The van der Waals surface area contributed by atoms with E-state index in [9.17, 15) is 4.79 Å². The van der Waals surface area contributed by atoms with Crippen LogP contribution in [0.1, 0.15) is 25.3 Å². The first kappa shape index (κ1) is 13.1. The number of amides is 1. The van der Waals surface area contributed by atoms with E-state index >= 15 is 0 Å². The van der Waals surface area contributed by atoms with Crippen molar-refractivity contribution in [2.24, 2.45) is 0 Å². The average molecular weight is 248 g/mol. The first-order valence-corrected chi connectivity index (χ1v) is 6.52. The second kappa shape index (κ2) is 6.52. The zero-order chi connectivity index (χ0) is 12.8. The molecule has 4 heteroatoms. The van der Waals surface area contributed by atoms with Crippen LogP contribution in [0, 0.1) is 0 Å². The summed E-state index contributed by atoms with van der Waals surface area (Å²) >= 11 is 0. The molecule has 0 aromatic heterocycles. The Kier molecular flexibility index (Phi) is 4.73. The number of carbonyl (C=O) groups is 1. The Hall–Kier alpha value is -1.39. The predicted octanol–water partition coefficient (Wildman–Crippen LogP) is 1.91. The molecule has 2 N–H and O–H groups in total. The Labute approximate surface area is 108 Å². The molecule has 1 aliphatic rings. The van der Waals surface area contributed by atoms with Crippen LogP contribution in [0.25, 0.3) is 0 Å². The van der Waals surface area contributed by atoms with Crippen molar-refractivity contribution < 1.29 is 9.53 Å². The maximum absolute atomic E-state index is 12.0. The highest BCUT2D eigenvalue weighted by molar-refractivity contribution is 5.94. The Morgan fingerprint density at radius 1 is 1.44 bits per heavy atom. The lowest BCUT2D eigenvalue weighted by Gasteiger charge is -2.14. The van der Waals surface area contributed by atoms with Gasteiger partial charge in [-0.25, -0.2) is 0 Å². The van der Waals surface area contributed by atoms with Crippen molar-refractivity contribution >= 4 is 11.6 Å². The van der Waals surface area contributed by atoms with E-state index in [2.05, 4.69) is 17.6 Å². The van der Waals surface area contributed by atoms with E-state index in [-0.39, 0.29) is 12.0 Å². The van der Waals surface area contributed by atoms with Gasteiger partial charge in [-0.3, -0.25) is 4.79 Å². The first-order valence-electron chi connectivity index (χ1n) is 6.52. The van der Waals surface area contributed by atoms with E-state index < -0.39 is 0 Å². The van der Waals surface area contributed by atoms with Crippen LogP contribution in [-0.2, 0) is 16.1 Å². The van der Waals surface area contributed by atoms with Crippen LogP contribution in [0.5, 0.6) is 0 Å². The number of ether oxygens (including phenoxy) is 1. The maximum atomic E-state index is 12.0. The Morgan fingerprint density at radius 2 is 2.28 bits per heavy atom. The van der Waals surface area contributed by atoms with E-state index in [0.717, 1.165) is 37.2 Å². The van der Waals surface area contributed by atoms with Crippen LogP contribution in [0.4, 0.5) is 5.69 Å². The zero-order valence-electron chi connectivity index (χ0n) is 10.7. The van der Waals surface area contributed by atoms with Crippen LogP contribution in [0.15, 0.2) is 24.3 Å². The van der Waals surface area contributed by atoms with E-state index in [4.69, 9.17) is 4.74 Å². The Balaban J connectivity index is 2.00. The third-order valence-electron chi connectivity index (χ3n) is 3.06. The number of nitrogens with one attached hydrogen (secondary N) is 2. The fraction of sp³-hybridized carbons (Fsp3) is 0.500. The molecule has 0 saturated carbocycles. The first-order chi connectivity index (χ1) is 8.81. The van der Waals surface area contributed by atoms with Gasteiger partial charge < -0.3 is 15.4 Å². The molecule has 0 radical (unpaired) electrons. The molecule has 1 fully saturated rings. The average Bonchev–Trinajstić information content (AvgIpc) is 2.91. The fourth-order valence-corrected chi connectivity index (χ4v) is 2.05. The van der Waals surface area contributed by atoms with Gasteiger partial charge in [0.05, 0.1) is 0 Å². The van der Waals surface area contributed by atoms with Gasteiger partial charge in [0.2, 0.25) is 0 Å². The topological polar surface area (TPSA) is 50.4 Å². The van der Waals surface area contributed by atoms with Crippen LogP contribution in [-0.4, -0.2) is 25.2 Å². The van der Waals surface area contributed by atoms with Crippen LogP contribution >= 0.6 is 0 Å². The van der Waals surface area contributed by atoms with Crippen molar-refractivity contribution in [3.8, 4) is 0 Å². The third-order valence-corrected chi connectivity index (χ3v) is 3.06. The van der Waals surface area contributed by atoms with Gasteiger partial charge in [-0.2, -0.15) is 0 Å². The van der Waals surface area contributed by atoms with Gasteiger partial charge in [-0.05, 0) is 31.0 Å². The van der Waals surface area contributed by atoms with Crippen molar-refractivity contribution in [3.05, 3.63) is 29.8 Å². The monoisotopic (exact) mass is 248 g/mol. The molecule has 1 aromatic rings. The molecule has 0 spiro atoms. The minimum atomic E-state index is -0.280. The molecular formula is C14H20N2O2. The molecule has 0 bridgehead atoms. The summed E-state index contributed by atoms with van der Waals surface area (Å²) in [5.74, 6) is -0.0311. The van der Waals surface area contributed by atoms with Crippen molar-refractivity contribution in [1.82, 2.24) is 5.32 Å². The van der Waals surface area contributed by atoms with Crippen LogP contribution in [0.3, 0.4) is 0 Å². The van der Waals surface area contributed by atoms with Gasteiger partial charge >= 0.3 is 0 Å². The lowest BCUT2D eigenvalue weighted by molar-refractivity contribution is -0.124. The van der Waals surface area contributed by atoms with E-state index in [0.29, 0.717) is 6.61 Å². The number of carbonyl (C=O) groups excluding carboxylic acids is 1. The normalized spacial score (nSPS) is 18.8. The van der Waals surface area contributed by atoms with Gasteiger partial charge in [-0.1, -0.05) is 25.1 Å². The summed E-state index contributed by atoms with van der Waals surface area (Å²) in [6.07, 6.45) is 1.51. The third kappa shape index (κ3) is 3.31. The van der Waals surface area contributed by atoms with Gasteiger partial charge in [0.25, 0.3) is 5.91 Å². The molecule has 98 valence electrons. The SMILES string of the molecule is CCNCc1ccccc1NC(=O)C1CCCO1. The van der Waals surface area contributed by atoms with Crippen LogP contribution < -0.4 is 10.6 Å². The molecule has 18 heavy (non-hydrogen) atoms. The summed E-state index contributed by atoms with van der Waals surface area (Å²) in [6, 6.07) is 7.86. The Bertz CT molecular complexity index is 401. The van der Waals surface area contributed by atoms with E-state index in [1.165, 1.54) is 0 Å². The standard InChI is InChI=1S/C14H20N2O2/c1-2-15-10-11-6-3-4-7-12(11)16-14(17)13-8-5-9-18-13/h3-4,6-7,13,15H,2,5,8-10H2,1H3,(H,16,17). The van der Waals surface area contributed by atoms with E-state index in [1.54, 1.807) is 0 Å². The molecule has 1 heterocycles. The lowest BCUT2D eigenvalue weighted by atomic mass is 10.1. The number of hydrogen-bond acceptors (Lipinski definition) is 3. The van der Waals surface area contributed by atoms with Gasteiger partial charge in [0.15, 0.2) is 0 Å². The van der Waals surface area contributed by atoms with E-state index in [1.807, 2.05) is 24.3 Å². The molecule has 1 aliphatic heterocycles. The molecule has 1 amide bonds. The van der Waals surface area contributed by atoms with Crippen molar-refractivity contribution in [2.75, 3.05) is 18.5 Å². The Morgan fingerprint density at radius 3 is 3.00 bits per heavy atom. The number of rotatable bonds is 5. The summed E-state index contributed by atoms with van der Waals surface area (Å²) in [5, 5.41) is 6.22. The second-order valence-electron chi connectivity index (χ2n) is 4.43. The number of benzene rings is 1. The summed E-state index contributed by atoms with van der Waals surface area (Å²) in [6.45, 7) is 4.43. The largest absolute Gasteiger partial charge is 0.368 e. The lowest BCUT2D eigenvalue weighted by Crippen LogP contribution is -2.27. The highest BCUT2D eigenvalue weighted by Gasteiger charge is 2.23. The minimum absolute atomic E-state index is 0.0311. The van der Waals surface area contributed by atoms with Crippen molar-refractivity contribution in [3.63, 3.8) is 0 Å². The molecule has 0 aliphatic carbocycles. The molecule has 1 aromatic carbocycles. The summed E-state index contributed by atoms with van der Waals surface area (Å²) in [7, 11) is 0. The van der Waals surface area contributed by atoms with Crippen molar-refractivity contribution in [1.29, 1.82) is 0 Å². The summed E-state index contributed by atoms with van der Waals surface area (Å²) in [4.78, 5) is 12.0. The number of anilines is 1. The summed E-state index contributed by atoms with van der Waals surface area (Å²) in [5.41, 5.74) is 1.98. The quantitative estimate of drug-likeness (QED) is 0.837. The summed E-state index contributed by atoms with van der Waals surface area (Å²) < 4.78 is 5.38. The predicted molar refractivity (Wildman–Crippen MR) is 71.4 cm³/mol. The number of para-hydroxylation sites is 1. The van der Waals surface area contributed by atoms with Crippen LogP contribution in [0.2, 0.25) is 0 Å². The molecule has 4 nitrogen and oxygen atoms in total. The van der Waals surface area contributed by atoms with Gasteiger partial charge in [-0.15, -0.1) is 0 Å². The molecule has 2 rings (SSSR count). The number of hydrogen-bond donors (Lipinski definition) is 2. The molecule has 1 atom stereocenters. The highest BCUT2D eigenvalue weighted by atomic mass is 16.5. The van der Waals surface area contributed by atoms with Gasteiger partial charge in [0, 0.05) is 18.8 Å². The maximum Gasteiger partial charge on any atom is 0.253 e. The smallest absolute Gasteiger partial charge is 0.253 e. The fourth-order valence-electron chi connectivity index (χ4n) is 2.05. The molecule has 1 unspecified atom stereocenters. The molecule has 1 saturated heterocycles. The highest BCUT2D eigenvalue weighted by Crippen LogP contribution is 2.18. The van der Waals surface area contributed by atoms with Crippen molar-refractivity contribution in [2.45, 2.75) is 32.4 Å². The second-order valence-corrected chi connectivity index (χ2v) is 4.43. The van der Waals surface area contributed by atoms with Gasteiger partial charge in [0.1, 0.15) is 6.10 Å².